The number of sulfonamides is 1. The summed E-state index contributed by atoms with van der Waals surface area (Å²) in [6.07, 6.45) is 2.80. The number of nitrogens with zero attached hydrogens (tertiary/aromatic N) is 2. The lowest BCUT2D eigenvalue weighted by molar-refractivity contribution is -0.115. The van der Waals surface area contributed by atoms with E-state index in [9.17, 15) is 17.6 Å². The highest BCUT2D eigenvalue weighted by atomic mass is 32.2. The van der Waals surface area contributed by atoms with Crippen molar-refractivity contribution in [2.75, 3.05) is 18.4 Å². The van der Waals surface area contributed by atoms with Gasteiger partial charge in [-0.3, -0.25) is 4.79 Å². The zero-order chi connectivity index (χ0) is 22.7. The van der Waals surface area contributed by atoms with Crippen LogP contribution in [0.2, 0.25) is 0 Å². The topological polar surface area (TPSA) is 79.4 Å². The highest BCUT2D eigenvalue weighted by Gasteiger charge is 2.26. The van der Waals surface area contributed by atoms with Gasteiger partial charge in [0.05, 0.1) is 17.0 Å². The summed E-state index contributed by atoms with van der Waals surface area (Å²) in [5.41, 5.74) is 2.47. The van der Waals surface area contributed by atoms with Crippen LogP contribution in [0.25, 0.3) is 10.6 Å². The molecule has 1 saturated heterocycles. The van der Waals surface area contributed by atoms with Crippen LogP contribution >= 0.6 is 11.3 Å². The van der Waals surface area contributed by atoms with Crippen LogP contribution in [-0.2, 0) is 21.2 Å². The fourth-order valence-corrected chi connectivity index (χ4v) is 6.01. The molecule has 32 heavy (non-hydrogen) atoms. The van der Waals surface area contributed by atoms with Gasteiger partial charge in [-0.15, -0.1) is 11.3 Å². The van der Waals surface area contributed by atoms with Gasteiger partial charge in [0.1, 0.15) is 10.8 Å². The molecule has 1 fully saturated rings. The fraction of sp³-hybridized carbons (Fsp3) is 0.304. The molecule has 3 aromatic rings. The summed E-state index contributed by atoms with van der Waals surface area (Å²) >= 11 is 1.34. The molecule has 2 aromatic carbocycles. The molecule has 168 valence electrons. The van der Waals surface area contributed by atoms with E-state index in [2.05, 4.69) is 10.3 Å². The second-order valence-corrected chi connectivity index (χ2v) is 10.6. The number of carbonyl (C=O) groups is 1. The van der Waals surface area contributed by atoms with Gasteiger partial charge in [0, 0.05) is 29.7 Å². The maximum absolute atomic E-state index is 13.5. The number of rotatable bonds is 6. The molecule has 6 nitrogen and oxygen atoms in total. The van der Waals surface area contributed by atoms with Crippen molar-refractivity contribution in [3.8, 4) is 10.6 Å². The number of nitrogens with one attached hydrogen (secondary N) is 1. The lowest BCUT2D eigenvalue weighted by Crippen LogP contribution is -2.35. The molecule has 1 amide bonds. The summed E-state index contributed by atoms with van der Waals surface area (Å²) in [5.74, 6) is -0.636. The minimum Gasteiger partial charge on any atom is -0.325 e. The molecule has 0 atom stereocenters. The molecule has 0 unspecified atom stereocenters. The summed E-state index contributed by atoms with van der Waals surface area (Å²) in [5, 5.41) is 5.22. The molecule has 9 heteroatoms. The van der Waals surface area contributed by atoms with Crippen molar-refractivity contribution in [1.29, 1.82) is 0 Å². The molecule has 4 rings (SSSR count). The van der Waals surface area contributed by atoms with E-state index in [1.165, 1.54) is 33.8 Å². The lowest BCUT2D eigenvalue weighted by atomic mass is 10.2. The number of amides is 1. The Labute approximate surface area is 191 Å². The summed E-state index contributed by atoms with van der Waals surface area (Å²) in [6, 6.07) is 11.0. The van der Waals surface area contributed by atoms with Crippen LogP contribution in [0.5, 0.6) is 0 Å². The maximum Gasteiger partial charge on any atom is 0.243 e. The van der Waals surface area contributed by atoms with Gasteiger partial charge in [-0.1, -0.05) is 24.6 Å². The SMILES string of the molecule is Cc1ccc(S(=O)(=O)N2CCCCC2)cc1NC(=O)Cc1csc(-c2cccc(F)c2)n1. The van der Waals surface area contributed by atoms with Crippen LogP contribution in [0.4, 0.5) is 10.1 Å². The number of hydrogen-bond acceptors (Lipinski definition) is 5. The van der Waals surface area contributed by atoms with Crippen molar-refractivity contribution in [1.82, 2.24) is 9.29 Å². The third kappa shape index (κ3) is 5.06. The number of thiazole rings is 1. The van der Waals surface area contributed by atoms with Gasteiger partial charge >= 0.3 is 0 Å². The fourth-order valence-electron chi connectivity index (χ4n) is 3.65. The molecule has 0 saturated carbocycles. The summed E-state index contributed by atoms with van der Waals surface area (Å²) in [4.78, 5) is 17.2. The molecule has 1 aliphatic heterocycles. The minimum atomic E-state index is -3.59. The Hall–Kier alpha value is -2.62. The minimum absolute atomic E-state index is 0.0361. The Kier molecular flexibility index (Phi) is 6.68. The number of piperidine rings is 1. The van der Waals surface area contributed by atoms with E-state index in [0.29, 0.717) is 35.0 Å². The first kappa shape index (κ1) is 22.6. The normalized spacial score (nSPS) is 14.9. The van der Waals surface area contributed by atoms with E-state index in [-0.39, 0.29) is 23.0 Å². The second-order valence-electron chi connectivity index (χ2n) is 7.82. The van der Waals surface area contributed by atoms with Gasteiger partial charge in [0.15, 0.2) is 0 Å². The summed E-state index contributed by atoms with van der Waals surface area (Å²) in [6.45, 7) is 2.86. The third-order valence-electron chi connectivity index (χ3n) is 5.40. The van der Waals surface area contributed by atoms with Crippen molar-refractivity contribution in [3.05, 3.63) is 64.9 Å². The Morgan fingerprint density at radius 1 is 1.16 bits per heavy atom. The van der Waals surface area contributed by atoms with Gasteiger partial charge in [0.2, 0.25) is 15.9 Å². The number of aryl methyl sites for hydroxylation is 1. The van der Waals surface area contributed by atoms with Crippen LogP contribution in [0.1, 0.15) is 30.5 Å². The number of aromatic nitrogens is 1. The van der Waals surface area contributed by atoms with Crippen LogP contribution in [0.3, 0.4) is 0 Å². The number of halogens is 1. The Balaban J connectivity index is 1.47. The van der Waals surface area contributed by atoms with E-state index in [4.69, 9.17) is 0 Å². The van der Waals surface area contributed by atoms with Crippen LogP contribution in [-0.4, -0.2) is 36.7 Å². The first-order valence-corrected chi connectivity index (χ1v) is 12.8. The van der Waals surface area contributed by atoms with Gasteiger partial charge in [0.25, 0.3) is 0 Å². The van der Waals surface area contributed by atoms with E-state index in [1.807, 2.05) is 6.92 Å². The standard InChI is InChI=1S/C23H24FN3O3S2/c1-16-8-9-20(32(29,30)27-10-3-2-4-11-27)14-21(16)26-22(28)13-19-15-31-23(25-19)17-6-5-7-18(24)12-17/h5-9,12,14-15H,2-4,10-11,13H2,1H3,(H,26,28). The molecular formula is C23H24FN3O3S2. The summed E-state index contributed by atoms with van der Waals surface area (Å²) in [7, 11) is -3.59. The van der Waals surface area contributed by atoms with Gasteiger partial charge in [-0.25, -0.2) is 17.8 Å². The van der Waals surface area contributed by atoms with Gasteiger partial charge in [-0.05, 0) is 49.6 Å². The zero-order valence-corrected chi connectivity index (χ0v) is 19.3. The van der Waals surface area contributed by atoms with E-state index in [0.717, 1.165) is 24.8 Å². The van der Waals surface area contributed by atoms with Crippen molar-refractivity contribution in [2.45, 2.75) is 37.5 Å². The smallest absolute Gasteiger partial charge is 0.243 e. The van der Waals surface area contributed by atoms with Crippen molar-refractivity contribution in [2.24, 2.45) is 0 Å². The molecule has 1 aliphatic rings. The lowest BCUT2D eigenvalue weighted by Gasteiger charge is -2.26. The molecule has 2 heterocycles. The average Bonchev–Trinajstić information content (AvgIpc) is 3.24. The van der Waals surface area contributed by atoms with Crippen LogP contribution in [0.15, 0.2) is 52.7 Å². The van der Waals surface area contributed by atoms with Crippen molar-refractivity contribution >= 4 is 33.0 Å². The predicted molar refractivity (Wildman–Crippen MR) is 124 cm³/mol. The van der Waals surface area contributed by atoms with Gasteiger partial charge < -0.3 is 5.32 Å². The summed E-state index contributed by atoms with van der Waals surface area (Å²) < 4.78 is 40.9. The maximum atomic E-state index is 13.5. The van der Waals surface area contributed by atoms with E-state index >= 15 is 0 Å². The first-order chi connectivity index (χ1) is 15.3. The molecule has 0 radical (unpaired) electrons. The predicted octanol–water partition coefficient (Wildman–Crippen LogP) is 4.61. The van der Waals surface area contributed by atoms with Crippen molar-refractivity contribution < 1.29 is 17.6 Å². The molecule has 0 aliphatic carbocycles. The number of carbonyl (C=O) groups excluding carboxylic acids is 1. The Morgan fingerprint density at radius 2 is 1.94 bits per heavy atom. The molecule has 1 aromatic heterocycles. The van der Waals surface area contributed by atoms with E-state index < -0.39 is 10.0 Å². The van der Waals surface area contributed by atoms with Crippen molar-refractivity contribution in [3.63, 3.8) is 0 Å². The second kappa shape index (κ2) is 9.48. The van der Waals surface area contributed by atoms with Gasteiger partial charge in [-0.2, -0.15) is 4.31 Å². The largest absolute Gasteiger partial charge is 0.325 e. The quantitative estimate of drug-likeness (QED) is 0.567. The molecule has 0 bridgehead atoms. The third-order valence-corrected chi connectivity index (χ3v) is 8.24. The molecular weight excluding hydrogens is 449 g/mol. The monoisotopic (exact) mass is 473 g/mol. The van der Waals surface area contributed by atoms with E-state index in [1.54, 1.807) is 29.6 Å². The molecule has 0 spiro atoms. The Bertz CT molecular complexity index is 1230. The zero-order valence-electron chi connectivity index (χ0n) is 17.7. The molecule has 1 N–H and O–H groups in total. The first-order valence-electron chi connectivity index (χ1n) is 10.4. The number of benzene rings is 2. The number of hydrogen-bond donors (Lipinski definition) is 1. The Morgan fingerprint density at radius 3 is 2.69 bits per heavy atom. The number of anilines is 1. The highest BCUT2D eigenvalue weighted by Crippen LogP contribution is 2.27. The average molecular weight is 474 g/mol. The highest BCUT2D eigenvalue weighted by molar-refractivity contribution is 7.89. The van der Waals surface area contributed by atoms with Crippen LogP contribution in [0, 0.1) is 12.7 Å². The van der Waals surface area contributed by atoms with Crippen LogP contribution < -0.4 is 5.32 Å².